The summed E-state index contributed by atoms with van der Waals surface area (Å²) in [4.78, 5) is 0. The molecule has 2 atom stereocenters. The van der Waals surface area contributed by atoms with E-state index in [2.05, 4.69) is 26.9 Å². The van der Waals surface area contributed by atoms with E-state index in [9.17, 15) is 0 Å². The number of hydrogen-bond donors (Lipinski definition) is 1. The third-order valence-corrected chi connectivity index (χ3v) is 3.98. The summed E-state index contributed by atoms with van der Waals surface area (Å²) in [6.07, 6.45) is 1.87. The molecule has 0 saturated heterocycles. The number of hydrogen-bond acceptors (Lipinski definition) is 4. The fraction of sp³-hybridized carbons (Fsp3) is 0.467. The van der Waals surface area contributed by atoms with Crippen LogP contribution < -0.4 is 5.73 Å². The van der Waals surface area contributed by atoms with Gasteiger partial charge in [-0.1, -0.05) is 30.3 Å². The van der Waals surface area contributed by atoms with Crippen LogP contribution in [-0.2, 0) is 17.7 Å². The topological polar surface area (TPSA) is 66.0 Å². The van der Waals surface area contributed by atoms with Crippen LogP contribution in [0.15, 0.2) is 30.3 Å². The van der Waals surface area contributed by atoms with Gasteiger partial charge in [-0.15, -0.1) is 10.2 Å². The van der Waals surface area contributed by atoms with E-state index in [1.54, 1.807) is 7.11 Å². The molecule has 1 aliphatic heterocycles. The lowest BCUT2D eigenvalue weighted by Gasteiger charge is -2.25. The summed E-state index contributed by atoms with van der Waals surface area (Å²) < 4.78 is 7.84. The van der Waals surface area contributed by atoms with E-state index >= 15 is 0 Å². The molecule has 3 rings (SSSR count). The second kappa shape index (κ2) is 5.73. The molecular weight excluding hydrogens is 252 g/mol. The molecule has 0 radical (unpaired) electrons. The van der Waals surface area contributed by atoms with Gasteiger partial charge in [0.2, 0.25) is 0 Å². The Labute approximate surface area is 118 Å². The first-order valence-electron chi connectivity index (χ1n) is 7.03. The molecule has 0 spiro atoms. The van der Waals surface area contributed by atoms with Crippen LogP contribution in [0.1, 0.15) is 29.7 Å². The van der Waals surface area contributed by atoms with Gasteiger partial charge in [0, 0.05) is 20.1 Å². The van der Waals surface area contributed by atoms with Crippen molar-refractivity contribution in [1.82, 2.24) is 14.8 Å². The maximum Gasteiger partial charge on any atom is 0.166 e. The highest BCUT2D eigenvalue weighted by molar-refractivity contribution is 5.23. The Bertz CT molecular complexity index is 567. The highest BCUT2D eigenvalue weighted by Crippen LogP contribution is 2.28. The van der Waals surface area contributed by atoms with Crippen molar-refractivity contribution in [2.75, 3.05) is 13.7 Å². The first-order valence-corrected chi connectivity index (χ1v) is 7.03. The second-order valence-corrected chi connectivity index (χ2v) is 5.25. The van der Waals surface area contributed by atoms with Crippen molar-refractivity contribution >= 4 is 0 Å². The molecule has 2 unspecified atom stereocenters. The predicted octanol–water partition coefficient (Wildman–Crippen LogP) is 1.53. The van der Waals surface area contributed by atoms with Crippen molar-refractivity contribution in [3.63, 3.8) is 0 Å². The number of methoxy groups -OCH3 is 1. The van der Waals surface area contributed by atoms with Crippen LogP contribution in [0.2, 0.25) is 0 Å². The van der Waals surface area contributed by atoms with Gasteiger partial charge in [0.05, 0.1) is 0 Å². The van der Waals surface area contributed by atoms with Crippen molar-refractivity contribution < 1.29 is 4.74 Å². The summed E-state index contributed by atoms with van der Waals surface area (Å²) in [5.41, 5.74) is 6.91. The van der Waals surface area contributed by atoms with E-state index in [1.807, 2.05) is 18.2 Å². The fourth-order valence-electron chi connectivity index (χ4n) is 2.82. The molecule has 2 heterocycles. The van der Waals surface area contributed by atoms with Crippen LogP contribution in [-0.4, -0.2) is 28.4 Å². The van der Waals surface area contributed by atoms with E-state index in [-0.39, 0.29) is 6.10 Å². The number of nitrogens with two attached hydrogens (primary N) is 1. The van der Waals surface area contributed by atoms with Crippen molar-refractivity contribution in [2.45, 2.75) is 25.5 Å². The van der Waals surface area contributed by atoms with E-state index in [1.165, 1.54) is 0 Å². The number of nitrogens with zero attached hydrogens (tertiary/aromatic N) is 3. The molecular formula is C15H20N4O. The molecule has 2 aromatic rings. The summed E-state index contributed by atoms with van der Waals surface area (Å²) >= 11 is 0. The lowest BCUT2D eigenvalue weighted by atomic mass is 9.99. The van der Waals surface area contributed by atoms with Crippen LogP contribution in [0, 0.1) is 5.92 Å². The zero-order valence-electron chi connectivity index (χ0n) is 11.7. The lowest BCUT2D eigenvalue weighted by Crippen LogP contribution is -2.28. The van der Waals surface area contributed by atoms with Crippen LogP contribution in [0.3, 0.4) is 0 Å². The molecule has 5 nitrogen and oxygen atoms in total. The van der Waals surface area contributed by atoms with Gasteiger partial charge in [-0.05, 0) is 24.4 Å². The first-order chi connectivity index (χ1) is 9.83. The lowest BCUT2D eigenvalue weighted by molar-refractivity contribution is 0.123. The fourth-order valence-corrected chi connectivity index (χ4v) is 2.82. The minimum atomic E-state index is -0.172. The highest BCUT2D eigenvalue weighted by Gasteiger charge is 2.27. The Balaban J connectivity index is 1.96. The van der Waals surface area contributed by atoms with Gasteiger partial charge < -0.3 is 15.0 Å². The molecule has 106 valence electrons. The molecule has 1 aromatic carbocycles. The molecule has 0 amide bonds. The largest absolute Gasteiger partial charge is 0.369 e. The predicted molar refractivity (Wildman–Crippen MR) is 76.2 cm³/mol. The maximum atomic E-state index is 5.81. The smallest absolute Gasteiger partial charge is 0.166 e. The quantitative estimate of drug-likeness (QED) is 0.916. The van der Waals surface area contributed by atoms with Crippen molar-refractivity contribution in [1.29, 1.82) is 0 Å². The Hall–Kier alpha value is -1.72. The van der Waals surface area contributed by atoms with Crippen LogP contribution >= 0.6 is 0 Å². The minimum Gasteiger partial charge on any atom is -0.369 e. The summed E-state index contributed by atoms with van der Waals surface area (Å²) in [5.74, 6) is 2.43. The van der Waals surface area contributed by atoms with Gasteiger partial charge in [-0.3, -0.25) is 0 Å². The molecule has 2 N–H and O–H groups in total. The average Bonchev–Trinajstić information content (AvgIpc) is 2.92. The second-order valence-electron chi connectivity index (χ2n) is 5.25. The van der Waals surface area contributed by atoms with Crippen LogP contribution in [0.4, 0.5) is 0 Å². The number of ether oxygens (including phenoxy) is 1. The number of rotatable bonds is 4. The standard InChI is InChI=1S/C15H20N4O/c1-20-14(12-5-3-2-4-6-12)15-18-17-13-8-7-11(9-16)10-19(13)15/h2-6,11,14H,7-10,16H2,1H3. The van der Waals surface area contributed by atoms with E-state index in [0.29, 0.717) is 12.5 Å². The van der Waals surface area contributed by atoms with Gasteiger partial charge in [0.15, 0.2) is 5.82 Å². The van der Waals surface area contributed by atoms with Crippen LogP contribution in [0.25, 0.3) is 0 Å². The number of aromatic nitrogens is 3. The monoisotopic (exact) mass is 272 g/mol. The maximum absolute atomic E-state index is 5.81. The molecule has 20 heavy (non-hydrogen) atoms. The SMILES string of the molecule is COC(c1ccccc1)c1nnc2n1CC(CN)CC2. The van der Waals surface area contributed by atoms with Crippen molar-refractivity contribution in [2.24, 2.45) is 11.7 Å². The number of aryl methyl sites for hydroxylation is 1. The molecule has 0 saturated carbocycles. The average molecular weight is 272 g/mol. The Kier molecular flexibility index (Phi) is 3.80. The number of benzene rings is 1. The summed E-state index contributed by atoms with van der Waals surface area (Å²) in [7, 11) is 1.71. The van der Waals surface area contributed by atoms with Crippen molar-refractivity contribution in [3.8, 4) is 0 Å². The van der Waals surface area contributed by atoms with E-state index in [4.69, 9.17) is 10.5 Å². The third kappa shape index (κ3) is 2.34. The Morgan fingerprint density at radius 1 is 1.35 bits per heavy atom. The van der Waals surface area contributed by atoms with E-state index in [0.717, 1.165) is 36.6 Å². The zero-order valence-corrected chi connectivity index (χ0v) is 11.7. The Morgan fingerprint density at radius 2 is 2.15 bits per heavy atom. The number of fused-ring (bicyclic) bond motifs is 1. The normalized spacial score (nSPS) is 19.6. The Morgan fingerprint density at radius 3 is 2.85 bits per heavy atom. The van der Waals surface area contributed by atoms with Gasteiger partial charge in [0.1, 0.15) is 11.9 Å². The third-order valence-electron chi connectivity index (χ3n) is 3.98. The zero-order chi connectivity index (χ0) is 13.9. The van der Waals surface area contributed by atoms with Gasteiger partial charge >= 0.3 is 0 Å². The van der Waals surface area contributed by atoms with Gasteiger partial charge in [-0.2, -0.15) is 0 Å². The molecule has 0 bridgehead atoms. The molecule has 1 aromatic heterocycles. The van der Waals surface area contributed by atoms with Crippen molar-refractivity contribution in [3.05, 3.63) is 47.5 Å². The van der Waals surface area contributed by atoms with E-state index < -0.39 is 0 Å². The minimum absolute atomic E-state index is 0.172. The summed E-state index contributed by atoms with van der Waals surface area (Å²) in [6, 6.07) is 10.1. The molecule has 0 fully saturated rings. The molecule has 5 heteroatoms. The van der Waals surface area contributed by atoms with Gasteiger partial charge in [0.25, 0.3) is 0 Å². The van der Waals surface area contributed by atoms with Crippen LogP contribution in [0.5, 0.6) is 0 Å². The molecule has 1 aliphatic rings. The summed E-state index contributed by atoms with van der Waals surface area (Å²) in [6.45, 7) is 1.60. The molecule has 0 aliphatic carbocycles. The first kappa shape index (κ1) is 13.3. The highest BCUT2D eigenvalue weighted by atomic mass is 16.5. The summed E-state index contributed by atoms with van der Waals surface area (Å²) in [5, 5.41) is 8.67. The van der Waals surface area contributed by atoms with Gasteiger partial charge in [-0.25, -0.2) is 0 Å².